The number of hydrogen-bond acceptors (Lipinski definition) is 3. The fourth-order valence-electron chi connectivity index (χ4n) is 2.67. The van der Waals surface area contributed by atoms with Crippen molar-refractivity contribution in [3.05, 3.63) is 88.7 Å². The minimum Gasteiger partial charge on any atom is -0.354 e. The summed E-state index contributed by atoms with van der Waals surface area (Å²) in [5.74, 6) is -0.196. The van der Waals surface area contributed by atoms with Gasteiger partial charge in [-0.05, 0) is 45.9 Å². The summed E-state index contributed by atoms with van der Waals surface area (Å²) in [6.45, 7) is 11.3. The van der Waals surface area contributed by atoms with Crippen molar-refractivity contribution in [1.29, 1.82) is 0 Å². The molecule has 0 saturated heterocycles. The number of nitrogens with one attached hydrogen (secondary N) is 1. The lowest BCUT2D eigenvalue weighted by Crippen LogP contribution is -2.29. The summed E-state index contributed by atoms with van der Waals surface area (Å²) in [5.41, 5.74) is 3.18. The lowest BCUT2D eigenvalue weighted by molar-refractivity contribution is -0.120. The summed E-state index contributed by atoms with van der Waals surface area (Å²) in [7, 11) is 0. The van der Waals surface area contributed by atoms with Crippen LogP contribution in [0.3, 0.4) is 0 Å². The molecule has 0 aromatic heterocycles. The first-order valence-corrected chi connectivity index (χ1v) is 10.3. The molecule has 0 bridgehead atoms. The van der Waals surface area contributed by atoms with Crippen LogP contribution in [-0.2, 0) is 4.79 Å². The normalized spacial score (nSPS) is 13.0. The molecule has 1 aliphatic heterocycles. The van der Waals surface area contributed by atoms with Crippen molar-refractivity contribution in [2.45, 2.75) is 45.1 Å². The van der Waals surface area contributed by atoms with E-state index in [-0.39, 0.29) is 17.8 Å². The van der Waals surface area contributed by atoms with Crippen LogP contribution < -0.4 is 5.32 Å². The lowest BCUT2D eigenvalue weighted by atomic mass is 10.0. The summed E-state index contributed by atoms with van der Waals surface area (Å²) in [4.78, 5) is 17.6. The van der Waals surface area contributed by atoms with E-state index >= 15 is 0 Å². The van der Waals surface area contributed by atoms with E-state index in [1.165, 1.54) is 6.07 Å². The third kappa shape index (κ3) is 6.43. The molecule has 1 aliphatic rings. The highest BCUT2D eigenvalue weighted by Crippen LogP contribution is 2.36. The topological polar surface area (TPSA) is 41.5 Å². The van der Waals surface area contributed by atoms with Crippen LogP contribution in [0.2, 0.25) is 0 Å². The maximum Gasteiger partial charge on any atom is 0.223 e. The molecular formula is C24H27FN2OS. The second kappa shape index (κ2) is 10.8. The summed E-state index contributed by atoms with van der Waals surface area (Å²) in [6, 6.07) is 15.0. The standard InChI is InChI=1S/C17H14FNS.C7H13NO/c1-11-12(2)20-16-10-6-4-8-14(16)17(19-11)13-7-3-5-9-15(13)18;1-4-5-7(9)8-6(2)3/h3-10H,1-2H3;4,6H,1,5H2,2-3H3,(H,8,9). The molecule has 0 unspecified atom stereocenters. The first kappa shape index (κ1) is 22.6. The monoisotopic (exact) mass is 410 g/mol. The van der Waals surface area contributed by atoms with E-state index in [0.29, 0.717) is 17.7 Å². The van der Waals surface area contributed by atoms with Crippen LogP contribution >= 0.6 is 11.8 Å². The van der Waals surface area contributed by atoms with Crippen molar-refractivity contribution in [2.24, 2.45) is 4.99 Å². The van der Waals surface area contributed by atoms with Crippen molar-refractivity contribution >= 4 is 23.4 Å². The number of amides is 1. The number of aliphatic imine (C=N–C) groups is 1. The van der Waals surface area contributed by atoms with Crippen LogP contribution in [0.4, 0.5) is 4.39 Å². The zero-order valence-corrected chi connectivity index (χ0v) is 18.1. The molecule has 1 amide bonds. The van der Waals surface area contributed by atoms with Gasteiger partial charge in [-0.1, -0.05) is 48.2 Å². The summed E-state index contributed by atoms with van der Waals surface area (Å²) >= 11 is 1.69. The van der Waals surface area contributed by atoms with Crippen molar-refractivity contribution in [1.82, 2.24) is 5.32 Å². The van der Waals surface area contributed by atoms with Crippen LogP contribution in [0, 0.1) is 5.82 Å². The Morgan fingerprint density at radius 1 is 1.14 bits per heavy atom. The molecule has 3 rings (SSSR count). The molecule has 0 atom stereocenters. The van der Waals surface area contributed by atoms with Crippen LogP contribution in [0.5, 0.6) is 0 Å². The van der Waals surface area contributed by atoms with Gasteiger partial charge in [0.15, 0.2) is 0 Å². The number of benzene rings is 2. The van der Waals surface area contributed by atoms with E-state index in [1.807, 2.05) is 52.0 Å². The molecule has 1 heterocycles. The smallest absolute Gasteiger partial charge is 0.223 e. The Bertz CT molecular complexity index is 947. The molecule has 2 aromatic carbocycles. The molecule has 0 aliphatic carbocycles. The first-order chi connectivity index (χ1) is 13.8. The van der Waals surface area contributed by atoms with Crippen LogP contribution in [0.25, 0.3) is 0 Å². The second-order valence-electron chi connectivity index (χ2n) is 6.90. The average Bonchev–Trinajstić information content (AvgIpc) is 2.79. The number of fused-ring (bicyclic) bond motifs is 1. The van der Waals surface area contributed by atoms with Gasteiger partial charge in [-0.25, -0.2) is 4.39 Å². The van der Waals surface area contributed by atoms with Gasteiger partial charge in [0, 0.05) is 39.1 Å². The fourth-order valence-corrected chi connectivity index (χ4v) is 3.61. The highest BCUT2D eigenvalue weighted by atomic mass is 32.2. The van der Waals surface area contributed by atoms with Gasteiger partial charge in [0.05, 0.1) is 5.71 Å². The molecular weight excluding hydrogens is 383 g/mol. The number of nitrogens with zero attached hydrogens (tertiary/aromatic N) is 1. The fraction of sp³-hybridized carbons (Fsp3) is 0.250. The minimum atomic E-state index is -0.238. The zero-order chi connectivity index (χ0) is 21.4. The van der Waals surface area contributed by atoms with Crippen LogP contribution in [0.1, 0.15) is 45.2 Å². The Morgan fingerprint density at radius 3 is 2.38 bits per heavy atom. The van der Waals surface area contributed by atoms with E-state index in [4.69, 9.17) is 0 Å². The quantitative estimate of drug-likeness (QED) is 0.618. The van der Waals surface area contributed by atoms with Gasteiger partial charge in [0.1, 0.15) is 5.82 Å². The molecule has 2 aromatic rings. The third-order valence-corrected chi connectivity index (χ3v) is 5.28. The van der Waals surface area contributed by atoms with Gasteiger partial charge in [-0.15, -0.1) is 6.58 Å². The third-order valence-electron chi connectivity index (χ3n) is 4.10. The highest BCUT2D eigenvalue weighted by Gasteiger charge is 2.19. The van der Waals surface area contributed by atoms with Gasteiger partial charge >= 0.3 is 0 Å². The van der Waals surface area contributed by atoms with Crippen molar-refractivity contribution in [3.8, 4) is 0 Å². The predicted octanol–water partition coefficient (Wildman–Crippen LogP) is 6.11. The number of carbonyl (C=O) groups excluding carboxylic acids is 1. The molecule has 0 saturated carbocycles. The molecule has 0 radical (unpaired) electrons. The van der Waals surface area contributed by atoms with Crippen LogP contribution in [0.15, 0.2) is 81.7 Å². The number of rotatable bonds is 4. The number of hydrogen-bond donors (Lipinski definition) is 1. The molecule has 0 fully saturated rings. The van der Waals surface area contributed by atoms with Crippen molar-refractivity contribution in [3.63, 3.8) is 0 Å². The largest absolute Gasteiger partial charge is 0.354 e. The Balaban J connectivity index is 0.000000284. The summed E-state index contributed by atoms with van der Waals surface area (Å²) < 4.78 is 14.1. The van der Waals surface area contributed by atoms with E-state index < -0.39 is 0 Å². The summed E-state index contributed by atoms with van der Waals surface area (Å²) in [6.07, 6.45) is 2.01. The van der Waals surface area contributed by atoms with E-state index in [9.17, 15) is 9.18 Å². The Hall–Kier alpha value is -2.66. The molecule has 0 spiro atoms. The second-order valence-corrected chi connectivity index (χ2v) is 8.15. The lowest BCUT2D eigenvalue weighted by Gasteiger charge is -2.10. The van der Waals surface area contributed by atoms with Gasteiger partial charge in [0.25, 0.3) is 0 Å². The highest BCUT2D eigenvalue weighted by molar-refractivity contribution is 8.03. The molecule has 1 N–H and O–H groups in total. The van der Waals surface area contributed by atoms with Gasteiger partial charge in [-0.2, -0.15) is 0 Å². The Kier molecular flexibility index (Phi) is 8.40. The number of thioether (sulfide) groups is 1. The molecule has 3 nitrogen and oxygen atoms in total. The predicted molar refractivity (Wildman–Crippen MR) is 121 cm³/mol. The number of allylic oxidation sites excluding steroid dienone is 2. The number of halogens is 1. The Morgan fingerprint density at radius 2 is 1.76 bits per heavy atom. The molecule has 152 valence electrons. The van der Waals surface area contributed by atoms with Gasteiger partial charge < -0.3 is 5.32 Å². The summed E-state index contributed by atoms with van der Waals surface area (Å²) in [5, 5.41) is 2.73. The molecule has 5 heteroatoms. The number of carbonyl (C=O) groups is 1. The molecule has 29 heavy (non-hydrogen) atoms. The van der Waals surface area contributed by atoms with Crippen molar-refractivity contribution in [2.75, 3.05) is 0 Å². The Labute approximate surface area is 176 Å². The average molecular weight is 411 g/mol. The maximum atomic E-state index is 14.1. The SMILES string of the molecule is C=CCC(=O)NC(C)C.CC1=C(C)Sc2ccccc2C(c2ccccc2F)=N1. The van der Waals surface area contributed by atoms with E-state index in [2.05, 4.69) is 23.0 Å². The van der Waals surface area contributed by atoms with Gasteiger partial charge in [0.2, 0.25) is 5.91 Å². The van der Waals surface area contributed by atoms with E-state index in [1.54, 1.807) is 30.0 Å². The van der Waals surface area contributed by atoms with Crippen molar-refractivity contribution < 1.29 is 9.18 Å². The maximum absolute atomic E-state index is 14.1. The first-order valence-electron chi connectivity index (χ1n) is 9.52. The van der Waals surface area contributed by atoms with Gasteiger partial charge in [-0.3, -0.25) is 9.79 Å². The minimum absolute atomic E-state index is 0.0417. The van der Waals surface area contributed by atoms with E-state index in [0.717, 1.165) is 21.1 Å². The van der Waals surface area contributed by atoms with Crippen LogP contribution in [-0.4, -0.2) is 17.7 Å². The zero-order valence-electron chi connectivity index (χ0n) is 17.3.